The topological polar surface area (TPSA) is 138 Å². The summed E-state index contributed by atoms with van der Waals surface area (Å²) in [6, 6.07) is 8.95. The van der Waals surface area contributed by atoms with E-state index in [1.807, 2.05) is 56.0 Å². The van der Waals surface area contributed by atoms with Crippen LogP contribution in [0.4, 0.5) is 4.79 Å². The third-order valence-electron chi connectivity index (χ3n) is 7.36. The van der Waals surface area contributed by atoms with Crippen molar-refractivity contribution in [1.29, 1.82) is 0 Å². The highest BCUT2D eigenvalue weighted by Gasteiger charge is 2.32. The molecule has 0 spiro atoms. The number of hydrogen-bond donors (Lipinski definition) is 3. The van der Waals surface area contributed by atoms with Crippen LogP contribution in [0.15, 0.2) is 35.7 Å². The van der Waals surface area contributed by atoms with Crippen LogP contribution in [0, 0.1) is 11.8 Å². The molecule has 0 aliphatic rings. The lowest BCUT2D eigenvalue weighted by Gasteiger charge is -2.36. The van der Waals surface area contributed by atoms with Crippen molar-refractivity contribution in [2.45, 2.75) is 97.8 Å². The normalized spacial score (nSPS) is 13.9. The molecule has 2 aromatic rings. The maximum atomic E-state index is 13.3. The van der Waals surface area contributed by atoms with Crippen molar-refractivity contribution in [2.75, 3.05) is 13.6 Å². The van der Waals surface area contributed by atoms with Gasteiger partial charge in [0.2, 0.25) is 5.91 Å². The number of carboxylic acid groups (broad SMARTS) is 1. The van der Waals surface area contributed by atoms with Crippen molar-refractivity contribution in [3.63, 3.8) is 0 Å². The molecule has 238 valence electrons. The number of amides is 3. The number of carboxylic acids is 1. The Morgan fingerprint density at radius 3 is 2.33 bits per heavy atom. The van der Waals surface area contributed by atoms with E-state index < -0.39 is 36.0 Å². The van der Waals surface area contributed by atoms with Crippen LogP contribution in [-0.2, 0) is 20.7 Å². The zero-order valence-electron chi connectivity index (χ0n) is 26.3. The SMILES string of the molecule is CCCCC(=O)N(CCC)C(CC(OC(=O)NC)c1nc(C(=O)NC(Cc2ccccc2)CC(C)C(=O)O)cs1)C(C)C. The van der Waals surface area contributed by atoms with Gasteiger partial charge in [-0.05, 0) is 37.2 Å². The number of aromatic nitrogens is 1. The monoisotopic (exact) mass is 616 g/mol. The van der Waals surface area contributed by atoms with Crippen molar-refractivity contribution >= 4 is 35.2 Å². The van der Waals surface area contributed by atoms with E-state index in [0.29, 0.717) is 30.8 Å². The number of carbonyl (C=O) groups excluding carboxylic acids is 3. The summed E-state index contributed by atoms with van der Waals surface area (Å²) in [4.78, 5) is 56.9. The van der Waals surface area contributed by atoms with E-state index >= 15 is 0 Å². The van der Waals surface area contributed by atoms with Crippen molar-refractivity contribution in [2.24, 2.45) is 11.8 Å². The predicted octanol–water partition coefficient (Wildman–Crippen LogP) is 5.84. The maximum Gasteiger partial charge on any atom is 0.407 e. The number of aliphatic carboxylic acids is 1. The molecule has 3 N–H and O–H groups in total. The number of benzene rings is 1. The second kappa shape index (κ2) is 18.3. The van der Waals surface area contributed by atoms with Crippen LogP contribution in [0.5, 0.6) is 0 Å². The van der Waals surface area contributed by atoms with E-state index in [9.17, 15) is 24.3 Å². The lowest BCUT2D eigenvalue weighted by atomic mass is 9.95. The van der Waals surface area contributed by atoms with Crippen LogP contribution in [-0.4, -0.2) is 64.5 Å². The van der Waals surface area contributed by atoms with Gasteiger partial charge in [-0.2, -0.15) is 0 Å². The third kappa shape index (κ3) is 11.6. The zero-order valence-corrected chi connectivity index (χ0v) is 27.1. The molecular formula is C32H48N4O6S. The average Bonchev–Trinajstić information content (AvgIpc) is 3.47. The lowest BCUT2D eigenvalue weighted by molar-refractivity contribution is -0.141. The van der Waals surface area contributed by atoms with Gasteiger partial charge in [-0.25, -0.2) is 9.78 Å². The first-order valence-corrected chi connectivity index (χ1v) is 16.1. The van der Waals surface area contributed by atoms with Crippen molar-refractivity contribution in [3.05, 3.63) is 52.0 Å². The number of nitrogens with zero attached hydrogens (tertiary/aromatic N) is 2. The number of unbranched alkanes of at least 4 members (excludes halogenated alkanes) is 1. The lowest BCUT2D eigenvalue weighted by Crippen LogP contribution is -2.45. The molecular weight excluding hydrogens is 568 g/mol. The molecule has 1 aromatic carbocycles. The van der Waals surface area contributed by atoms with Gasteiger partial charge in [0, 0.05) is 43.9 Å². The molecule has 10 nitrogen and oxygen atoms in total. The molecule has 0 aliphatic carbocycles. The van der Waals surface area contributed by atoms with E-state index in [-0.39, 0.29) is 30.0 Å². The second-order valence-corrected chi connectivity index (χ2v) is 12.2. The summed E-state index contributed by atoms with van der Waals surface area (Å²) in [5.74, 6) is -1.83. The highest BCUT2D eigenvalue weighted by molar-refractivity contribution is 7.09. The van der Waals surface area contributed by atoms with Gasteiger partial charge in [-0.1, -0.05) is 71.4 Å². The van der Waals surface area contributed by atoms with Gasteiger partial charge in [0.25, 0.3) is 5.91 Å². The van der Waals surface area contributed by atoms with E-state index in [1.54, 1.807) is 12.3 Å². The molecule has 43 heavy (non-hydrogen) atoms. The second-order valence-electron chi connectivity index (χ2n) is 11.3. The van der Waals surface area contributed by atoms with E-state index in [1.165, 1.54) is 18.4 Å². The Balaban J connectivity index is 2.31. The van der Waals surface area contributed by atoms with Crippen LogP contribution < -0.4 is 10.6 Å². The van der Waals surface area contributed by atoms with Crippen LogP contribution >= 0.6 is 11.3 Å². The van der Waals surface area contributed by atoms with Gasteiger partial charge >= 0.3 is 12.1 Å². The Morgan fingerprint density at radius 2 is 1.74 bits per heavy atom. The smallest absolute Gasteiger partial charge is 0.407 e. The summed E-state index contributed by atoms with van der Waals surface area (Å²) in [7, 11) is 1.47. The number of alkyl carbamates (subject to hydrolysis) is 1. The number of carbonyl (C=O) groups is 4. The van der Waals surface area contributed by atoms with Gasteiger partial charge in [0.15, 0.2) is 6.10 Å². The third-order valence-corrected chi connectivity index (χ3v) is 8.29. The predicted molar refractivity (Wildman–Crippen MR) is 168 cm³/mol. The van der Waals surface area contributed by atoms with Crippen LogP contribution in [0.25, 0.3) is 0 Å². The van der Waals surface area contributed by atoms with Crippen LogP contribution in [0.3, 0.4) is 0 Å². The Bertz CT molecular complexity index is 1170. The quantitative estimate of drug-likeness (QED) is 0.191. The highest BCUT2D eigenvalue weighted by Crippen LogP contribution is 2.31. The molecule has 3 amide bonds. The van der Waals surface area contributed by atoms with E-state index in [0.717, 1.165) is 24.8 Å². The minimum Gasteiger partial charge on any atom is -0.481 e. The molecule has 0 fully saturated rings. The van der Waals surface area contributed by atoms with Crippen LogP contribution in [0.2, 0.25) is 0 Å². The van der Waals surface area contributed by atoms with Gasteiger partial charge in [0.05, 0.1) is 5.92 Å². The fraction of sp³-hybridized carbons (Fsp3) is 0.594. The molecule has 1 heterocycles. The van der Waals surface area contributed by atoms with Gasteiger partial charge in [0.1, 0.15) is 10.7 Å². The Kier molecular flexibility index (Phi) is 15.2. The van der Waals surface area contributed by atoms with Gasteiger partial charge < -0.3 is 25.4 Å². The maximum absolute atomic E-state index is 13.3. The summed E-state index contributed by atoms with van der Waals surface area (Å²) in [6.45, 7) is 10.4. The standard InChI is InChI=1S/C32H48N4O6S/c1-7-9-15-28(37)36(16-8-2)26(21(3)4)19-27(42-32(41)33-6)30-35-25(20-43-30)29(38)34-24(17-22(5)31(39)40)18-23-13-11-10-12-14-23/h10-14,20-22,24,26-27H,7-9,15-19H2,1-6H3,(H,33,41)(H,34,38)(H,39,40). The summed E-state index contributed by atoms with van der Waals surface area (Å²) in [5, 5.41) is 17.0. The highest BCUT2D eigenvalue weighted by atomic mass is 32.1. The molecule has 2 rings (SSSR count). The fourth-order valence-corrected chi connectivity index (χ4v) is 5.81. The first-order valence-electron chi connectivity index (χ1n) is 15.2. The fourth-order valence-electron chi connectivity index (χ4n) is 4.97. The average molecular weight is 617 g/mol. The summed E-state index contributed by atoms with van der Waals surface area (Å²) < 4.78 is 5.75. The molecule has 4 unspecified atom stereocenters. The first-order chi connectivity index (χ1) is 20.5. The van der Waals surface area contributed by atoms with Crippen molar-refractivity contribution in [3.8, 4) is 0 Å². The van der Waals surface area contributed by atoms with E-state index in [4.69, 9.17) is 4.74 Å². The Morgan fingerprint density at radius 1 is 1.05 bits per heavy atom. The minimum atomic E-state index is -0.928. The minimum absolute atomic E-state index is 0.0837. The summed E-state index contributed by atoms with van der Waals surface area (Å²) >= 11 is 1.21. The number of rotatable bonds is 18. The number of nitrogens with one attached hydrogen (secondary N) is 2. The zero-order chi connectivity index (χ0) is 31.9. The van der Waals surface area contributed by atoms with Crippen molar-refractivity contribution < 1.29 is 29.0 Å². The molecule has 0 bridgehead atoms. The summed E-state index contributed by atoms with van der Waals surface area (Å²) in [5.41, 5.74) is 1.14. The van der Waals surface area contributed by atoms with Gasteiger partial charge in [-0.3, -0.25) is 14.4 Å². The largest absolute Gasteiger partial charge is 0.481 e. The van der Waals surface area contributed by atoms with Crippen LogP contribution in [0.1, 0.15) is 100 Å². The molecule has 0 aliphatic heterocycles. The Labute approximate surface area is 259 Å². The number of thiazole rings is 1. The number of hydrogen-bond acceptors (Lipinski definition) is 7. The molecule has 0 saturated carbocycles. The Hall–Kier alpha value is -3.47. The van der Waals surface area contributed by atoms with Gasteiger partial charge in [-0.15, -0.1) is 11.3 Å². The molecule has 0 saturated heterocycles. The molecule has 1 aromatic heterocycles. The van der Waals surface area contributed by atoms with Crippen molar-refractivity contribution in [1.82, 2.24) is 20.5 Å². The number of ether oxygens (including phenoxy) is 1. The first kappa shape index (κ1) is 35.7. The molecule has 11 heteroatoms. The molecule has 0 radical (unpaired) electrons. The van der Waals surface area contributed by atoms with E-state index in [2.05, 4.69) is 22.5 Å². The molecule has 4 atom stereocenters. The summed E-state index contributed by atoms with van der Waals surface area (Å²) in [6.07, 6.45) is 2.66.